The number of pyridine rings is 1. The number of anilines is 2. The third kappa shape index (κ3) is 3.22. The minimum Gasteiger partial charge on any atom is -0.367 e. The molecule has 30 heavy (non-hydrogen) atoms. The van der Waals surface area contributed by atoms with Crippen LogP contribution < -0.4 is 15.5 Å². The van der Waals surface area contributed by atoms with Crippen LogP contribution in [0.15, 0.2) is 42.9 Å². The summed E-state index contributed by atoms with van der Waals surface area (Å²) in [6, 6.07) is 6.73. The van der Waals surface area contributed by atoms with E-state index in [0.29, 0.717) is 22.5 Å². The van der Waals surface area contributed by atoms with Gasteiger partial charge in [0.05, 0.1) is 28.8 Å². The SMILES string of the molecule is Cc1cn2cc(NC(=O)c3cccc4c(N5CCNCC5)cnnc34)cc(F)c2n1. The van der Waals surface area contributed by atoms with Crippen LogP contribution >= 0.6 is 0 Å². The van der Waals surface area contributed by atoms with Crippen LogP contribution in [-0.2, 0) is 0 Å². The van der Waals surface area contributed by atoms with E-state index in [1.807, 2.05) is 12.1 Å². The van der Waals surface area contributed by atoms with Gasteiger partial charge in [0, 0.05) is 50.0 Å². The van der Waals surface area contributed by atoms with E-state index in [4.69, 9.17) is 0 Å². The van der Waals surface area contributed by atoms with Gasteiger partial charge in [0.2, 0.25) is 0 Å². The number of nitrogens with one attached hydrogen (secondary N) is 2. The Hall–Kier alpha value is -3.59. The Kier molecular flexibility index (Phi) is 4.51. The molecule has 0 spiro atoms. The van der Waals surface area contributed by atoms with Crippen LogP contribution in [0, 0.1) is 12.7 Å². The van der Waals surface area contributed by atoms with Crippen molar-refractivity contribution in [3.05, 3.63) is 59.9 Å². The van der Waals surface area contributed by atoms with E-state index >= 15 is 0 Å². The van der Waals surface area contributed by atoms with E-state index in [1.165, 1.54) is 6.07 Å². The van der Waals surface area contributed by atoms with Gasteiger partial charge in [-0.25, -0.2) is 9.37 Å². The lowest BCUT2D eigenvalue weighted by Gasteiger charge is -2.29. The van der Waals surface area contributed by atoms with Crippen molar-refractivity contribution < 1.29 is 9.18 Å². The van der Waals surface area contributed by atoms with Crippen molar-refractivity contribution in [1.29, 1.82) is 0 Å². The van der Waals surface area contributed by atoms with Crippen molar-refractivity contribution in [2.75, 3.05) is 36.4 Å². The molecule has 5 rings (SSSR count). The Morgan fingerprint density at radius 3 is 2.90 bits per heavy atom. The number of aromatic nitrogens is 4. The lowest BCUT2D eigenvalue weighted by molar-refractivity contribution is 0.102. The number of aryl methyl sites for hydroxylation is 1. The second-order valence-electron chi connectivity index (χ2n) is 7.31. The number of hydrogen-bond donors (Lipinski definition) is 2. The number of carbonyl (C=O) groups excluding carboxylic acids is 1. The molecule has 8 nitrogen and oxygen atoms in total. The van der Waals surface area contributed by atoms with Crippen LogP contribution in [0.1, 0.15) is 16.1 Å². The van der Waals surface area contributed by atoms with Crippen molar-refractivity contribution in [2.45, 2.75) is 6.92 Å². The maximum Gasteiger partial charge on any atom is 0.257 e. The first-order valence-corrected chi connectivity index (χ1v) is 9.76. The fraction of sp³-hybridized carbons (Fsp3) is 0.238. The molecule has 0 atom stereocenters. The number of piperazine rings is 1. The molecule has 1 fully saturated rings. The Labute approximate surface area is 171 Å². The summed E-state index contributed by atoms with van der Waals surface area (Å²) in [5.41, 5.74) is 3.12. The highest BCUT2D eigenvalue weighted by Crippen LogP contribution is 2.27. The van der Waals surface area contributed by atoms with Gasteiger partial charge in [-0.3, -0.25) is 4.79 Å². The summed E-state index contributed by atoms with van der Waals surface area (Å²) in [7, 11) is 0. The van der Waals surface area contributed by atoms with Gasteiger partial charge in [0.25, 0.3) is 5.91 Å². The summed E-state index contributed by atoms with van der Waals surface area (Å²) < 4.78 is 15.9. The maximum absolute atomic E-state index is 14.4. The smallest absolute Gasteiger partial charge is 0.257 e. The molecule has 2 N–H and O–H groups in total. The number of halogens is 1. The Balaban J connectivity index is 1.51. The minimum absolute atomic E-state index is 0.224. The maximum atomic E-state index is 14.4. The minimum atomic E-state index is -0.500. The van der Waals surface area contributed by atoms with E-state index in [-0.39, 0.29) is 11.6 Å². The second kappa shape index (κ2) is 7.34. The van der Waals surface area contributed by atoms with Crippen molar-refractivity contribution in [3.8, 4) is 0 Å². The molecule has 0 aliphatic carbocycles. The average Bonchev–Trinajstić information content (AvgIpc) is 3.14. The molecule has 4 heterocycles. The predicted octanol–water partition coefficient (Wildman–Crippen LogP) is 2.39. The summed E-state index contributed by atoms with van der Waals surface area (Å²) in [6.45, 7) is 5.30. The fourth-order valence-electron chi connectivity index (χ4n) is 3.86. The molecular formula is C21H20FN7O. The molecular weight excluding hydrogens is 385 g/mol. The zero-order valence-electron chi connectivity index (χ0n) is 16.4. The first-order valence-electron chi connectivity index (χ1n) is 9.76. The molecule has 3 aromatic heterocycles. The molecule has 0 bridgehead atoms. The Morgan fingerprint density at radius 1 is 1.23 bits per heavy atom. The van der Waals surface area contributed by atoms with Crippen molar-refractivity contribution in [3.63, 3.8) is 0 Å². The molecule has 1 aromatic carbocycles. The quantitative estimate of drug-likeness (QED) is 0.544. The average molecular weight is 405 g/mol. The van der Waals surface area contributed by atoms with Gasteiger partial charge in [0.1, 0.15) is 5.52 Å². The number of amides is 1. The summed E-state index contributed by atoms with van der Waals surface area (Å²) in [4.78, 5) is 19.4. The molecule has 0 radical (unpaired) electrons. The monoisotopic (exact) mass is 405 g/mol. The highest BCUT2D eigenvalue weighted by molar-refractivity contribution is 6.13. The number of fused-ring (bicyclic) bond motifs is 2. The van der Waals surface area contributed by atoms with E-state index in [2.05, 4.69) is 30.7 Å². The highest BCUT2D eigenvalue weighted by Gasteiger charge is 2.18. The van der Waals surface area contributed by atoms with Gasteiger partial charge in [-0.05, 0) is 13.0 Å². The first-order chi connectivity index (χ1) is 14.6. The molecule has 152 valence electrons. The van der Waals surface area contributed by atoms with E-state index in [9.17, 15) is 9.18 Å². The molecule has 1 aliphatic rings. The number of rotatable bonds is 3. The number of benzene rings is 1. The van der Waals surface area contributed by atoms with Crippen molar-refractivity contribution in [2.24, 2.45) is 0 Å². The molecule has 1 aliphatic heterocycles. The zero-order chi connectivity index (χ0) is 20.7. The Morgan fingerprint density at radius 2 is 2.07 bits per heavy atom. The summed E-state index contributed by atoms with van der Waals surface area (Å²) >= 11 is 0. The lowest BCUT2D eigenvalue weighted by atomic mass is 10.1. The van der Waals surface area contributed by atoms with E-state index in [0.717, 1.165) is 37.3 Å². The molecule has 4 aromatic rings. The van der Waals surface area contributed by atoms with Crippen LogP contribution in [0.5, 0.6) is 0 Å². The molecule has 1 saturated heterocycles. The van der Waals surface area contributed by atoms with Gasteiger partial charge in [-0.1, -0.05) is 12.1 Å². The third-order valence-corrected chi connectivity index (χ3v) is 5.24. The lowest BCUT2D eigenvalue weighted by Crippen LogP contribution is -2.43. The molecule has 1 amide bonds. The largest absolute Gasteiger partial charge is 0.367 e. The zero-order valence-corrected chi connectivity index (χ0v) is 16.4. The molecule has 9 heteroatoms. The third-order valence-electron chi connectivity index (χ3n) is 5.24. The van der Waals surface area contributed by atoms with Crippen LogP contribution in [0.4, 0.5) is 15.8 Å². The fourth-order valence-corrected chi connectivity index (χ4v) is 3.86. The van der Waals surface area contributed by atoms with Gasteiger partial charge in [0.15, 0.2) is 11.5 Å². The van der Waals surface area contributed by atoms with Crippen molar-refractivity contribution in [1.82, 2.24) is 24.9 Å². The number of nitrogens with zero attached hydrogens (tertiary/aromatic N) is 5. The van der Waals surface area contributed by atoms with Gasteiger partial charge < -0.3 is 19.9 Å². The summed E-state index contributed by atoms with van der Waals surface area (Å²) in [5.74, 6) is -0.873. The van der Waals surface area contributed by atoms with Crippen LogP contribution in [0.2, 0.25) is 0 Å². The predicted molar refractivity (Wildman–Crippen MR) is 112 cm³/mol. The summed E-state index contributed by atoms with van der Waals surface area (Å²) in [6.07, 6.45) is 5.08. The van der Waals surface area contributed by atoms with Gasteiger partial charge in [-0.15, -0.1) is 5.10 Å². The molecule has 0 unspecified atom stereocenters. The van der Waals surface area contributed by atoms with Crippen molar-refractivity contribution >= 4 is 33.8 Å². The van der Waals surface area contributed by atoms with Gasteiger partial charge in [-0.2, -0.15) is 5.10 Å². The van der Waals surface area contributed by atoms with Crippen LogP contribution in [-0.4, -0.2) is 51.7 Å². The Bertz CT molecular complexity index is 1260. The standard InChI is InChI=1S/C21H20FN7O/c1-13-11-29-12-14(9-17(22)20(29)25-13)26-21(30)16-4-2-3-15-18(10-24-27-19(15)16)28-7-5-23-6-8-28/h2-4,9-12,23H,5-8H2,1H3,(H,26,30). The normalized spacial score (nSPS) is 14.4. The number of imidazole rings is 1. The number of carbonyl (C=O) groups is 1. The van der Waals surface area contributed by atoms with E-state index < -0.39 is 5.82 Å². The summed E-state index contributed by atoms with van der Waals surface area (Å²) in [5, 5.41) is 15.3. The van der Waals surface area contributed by atoms with E-state index in [1.54, 1.807) is 36.0 Å². The highest BCUT2D eigenvalue weighted by atomic mass is 19.1. The van der Waals surface area contributed by atoms with Crippen LogP contribution in [0.3, 0.4) is 0 Å². The number of hydrogen-bond acceptors (Lipinski definition) is 6. The van der Waals surface area contributed by atoms with Crippen LogP contribution in [0.25, 0.3) is 16.6 Å². The topological polar surface area (TPSA) is 87.5 Å². The second-order valence-corrected chi connectivity index (χ2v) is 7.31. The molecule has 0 saturated carbocycles. The first kappa shape index (κ1) is 18.4. The van der Waals surface area contributed by atoms with Gasteiger partial charge >= 0.3 is 0 Å².